The molecule has 214 valence electrons. The zero-order valence-corrected chi connectivity index (χ0v) is 26.1. The zero-order valence-electron chi connectivity index (χ0n) is 23.7. The number of nitrogens with one attached hydrogen (secondary N) is 2. The maximum absolute atomic E-state index is 12.5. The van der Waals surface area contributed by atoms with Crippen LogP contribution >= 0.6 is 23.4 Å². The third-order valence-electron chi connectivity index (χ3n) is 5.96. The number of benzene rings is 1. The molecule has 0 unspecified atom stereocenters. The van der Waals surface area contributed by atoms with Crippen molar-refractivity contribution in [2.24, 2.45) is 5.92 Å². The molecule has 1 aliphatic heterocycles. The Labute approximate surface area is 242 Å². The molecule has 0 atom stereocenters. The summed E-state index contributed by atoms with van der Waals surface area (Å²) < 4.78 is 33.2. The van der Waals surface area contributed by atoms with Crippen LogP contribution in [-0.4, -0.2) is 61.9 Å². The molecule has 8 nitrogen and oxygen atoms in total. The number of rotatable bonds is 12. The Kier molecular flexibility index (Phi) is 11.5. The van der Waals surface area contributed by atoms with E-state index < -0.39 is 10.0 Å². The van der Waals surface area contributed by atoms with Gasteiger partial charge in [0.25, 0.3) is 0 Å². The number of anilines is 2. The van der Waals surface area contributed by atoms with Gasteiger partial charge in [-0.3, -0.25) is 4.72 Å². The fraction of sp³-hybridized carbons (Fsp3) is 0.500. The predicted molar refractivity (Wildman–Crippen MR) is 165 cm³/mol. The van der Waals surface area contributed by atoms with E-state index in [1.807, 2.05) is 32.0 Å². The van der Waals surface area contributed by atoms with Crippen molar-refractivity contribution in [2.45, 2.75) is 48.0 Å². The minimum atomic E-state index is -3.50. The Morgan fingerprint density at radius 1 is 1.18 bits per heavy atom. The molecule has 1 fully saturated rings. The molecule has 3 rings (SSSR count). The van der Waals surface area contributed by atoms with Crippen LogP contribution in [0.2, 0.25) is 5.02 Å². The molecule has 1 aromatic heterocycles. The summed E-state index contributed by atoms with van der Waals surface area (Å²) >= 11 is 8.49. The van der Waals surface area contributed by atoms with Crippen LogP contribution in [0.1, 0.15) is 59.2 Å². The normalized spacial score (nSPS) is 14.7. The zero-order chi connectivity index (χ0) is 28.6. The molecular formula is C28H40ClN5O3S2. The summed E-state index contributed by atoms with van der Waals surface area (Å²) in [7, 11) is -3.50. The van der Waals surface area contributed by atoms with Crippen LogP contribution in [0.5, 0.6) is 0 Å². The van der Waals surface area contributed by atoms with Gasteiger partial charge in [0, 0.05) is 30.7 Å². The highest BCUT2D eigenvalue weighted by Crippen LogP contribution is 2.44. The molecular weight excluding hydrogens is 554 g/mol. The van der Waals surface area contributed by atoms with Crippen molar-refractivity contribution in [2.75, 3.05) is 48.6 Å². The van der Waals surface area contributed by atoms with E-state index in [9.17, 15) is 8.42 Å². The molecule has 2 N–H and O–H groups in total. The summed E-state index contributed by atoms with van der Waals surface area (Å²) in [5.74, 6) is 1.03. The van der Waals surface area contributed by atoms with Crippen LogP contribution in [-0.2, 0) is 14.8 Å². The maximum Gasteiger partial charge on any atom is 0.232 e. The molecule has 0 bridgehead atoms. The molecule has 1 aromatic carbocycles. The average molecular weight is 594 g/mol. The van der Waals surface area contributed by atoms with Gasteiger partial charge in [-0.15, -0.1) is 0 Å². The van der Waals surface area contributed by atoms with E-state index >= 15 is 0 Å². The number of hydrogen-bond acceptors (Lipinski definition) is 8. The SMILES string of the molecule is CCCS(=O)(=O)Nc1cccc(/C(C)=C(/SC(=C(C)C)N2CCOCC2)c2ccnc(NCC(C)C)n2)c1Cl. The Morgan fingerprint density at radius 3 is 2.54 bits per heavy atom. The minimum absolute atomic E-state index is 0.0278. The van der Waals surface area contributed by atoms with Crippen molar-refractivity contribution in [1.29, 1.82) is 0 Å². The number of allylic oxidation sites excluding steroid dienone is 2. The largest absolute Gasteiger partial charge is 0.378 e. The van der Waals surface area contributed by atoms with Gasteiger partial charge in [-0.25, -0.2) is 18.4 Å². The summed E-state index contributed by atoms with van der Waals surface area (Å²) in [6.45, 7) is 16.0. The highest BCUT2D eigenvalue weighted by molar-refractivity contribution is 8.12. The van der Waals surface area contributed by atoms with Crippen molar-refractivity contribution in [3.63, 3.8) is 0 Å². The number of thioether (sulfide) groups is 1. The number of morpholine rings is 1. The Morgan fingerprint density at radius 2 is 1.90 bits per heavy atom. The van der Waals surface area contributed by atoms with E-state index in [-0.39, 0.29) is 5.75 Å². The Balaban J connectivity index is 2.13. The molecule has 0 spiro atoms. The van der Waals surface area contributed by atoms with Crippen molar-refractivity contribution in [1.82, 2.24) is 14.9 Å². The molecule has 0 radical (unpaired) electrons. The fourth-order valence-electron chi connectivity index (χ4n) is 4.04. The number of hydrogen-bond donors (Lipinski definition) is 2. The monoisotopic (exact) mass is 593 g/mol. The van der Waals surface area contributed by atoms with Crippen molar-refractivity contribution < 1.29 is 13.2 Å². The molecule has 0 saturated carbocycles. The van der Waals surface area contributed by atoms with Gasteiger partial charge < -0.3 is 15.0 Å². The molecule has 0 amide bonds. The molecule has 11 heteroatoms. The van der Waals surface area contributed by atoms with Crippen LogP contribution in [0.3, 0.4) is 0 Å². The van der Waals surface area contributed by atoms with Gasteiger partial charge in [0.2, 0.25) is 16.0 Å². The highest BCUT2D eigenvalue weighted by atomic mass is 35.5. The molecule has 2 heterocycles. The summed E-state index contributed by atoms with van der Waals surface area (Å²) in [6, 6.07) is 7.31. The first-order chi connectivity index (χ1) is 18.5. The Bertz CT molecular complexity index is 1300. The Hall–Kier alpha value is -2.27. The average Bonchev–Trinajstić information content (AvgIpc) is 2.89. The van der Waals surface area contributed by atoms with E-state index in [0.29, 0.717) is 42.2 Å². The van der Waals surface area contributed by atoms with Gasteiger partial charge in [-0.05, 0) is 62.0 Å². The second-order valence-corrected chi connectivity index (χ2v) is 13.3. The molecule has 1 saturated heterocycles. The number of sulfonamides is 1. The van der Waals surface area contributed by atoms with Crippen molar-refractivity contribution in [3.8, 4) is 0 Å². The van der Waals surface area contributed by atoms with Crippen molar-refractivity contribution in [3.05, 3.63) is 57.3 Å². The first-order valence-corrected chi connectivity index (χ1v) is 16.1. The predicted octanol–water partition coefficient (Wildman–Crippen LogP) is 6.55. The summed E-state index contributed by atoms with van der Waals surface area (Å²) in [5.41, 5.74) is 3.94. The quantitative estimate of drug-likeness (QED) is 0.286. The smallest absolute Gasteiger partial charge is 0.232 e. The molecule has 0 aliphatic carbocycles. The second kappa shape index (κ2) is 14.4. The van der Waals surface area contributed by atoms with Gasteiger partial charge in [0.1, 0.15) is 0 Å². The van der Waals surface area contributed by atoms with Gasteiger partial charge in [-0.1, -0.05) is 56.3 Å². The van der Waals surface area contributed by atoms with E-state index in [4.69, 9.17) is 21.3 Å². The van der Waals surface area contributed by atoms with E-state index in [1.54, 1.807) is 24.0 Å². The third-order valence-corrected chi connectivity index (χ3v) is 9.43. The lowest BCUT2D eigenvalue weighted by Crippen LogP contribution is -2.35. The van der Waals surface area contributed by atoms with E-state index in [1.165, 1.54) is 5.57 Å². The maximum atomic E-state index is 12.5. The van der Waals surface area contributed by atoms with E-state index in [2.05, 4.69) is 47.6 Å². The van der Waals surface area contributed by atoms with Crippen LogP contribution < -0.4 is 10.0 Å². The minimum Gasteiger partial charge on any atom is -0.378 e. The van der Waals surface area contributed by atoms with Crippen LogP contribution in [0.25, 0.3) is 10.5 Å². The molecule has 1 aliphatic rings. The number of ether oxygens (including phenoxy) is 1. The number of nitrogens with zero attached hydrogens (tertiary/aromatic N) is 3. The third kappa shape index (κ3) is 8.86. The van der Waals surface area contributed by atoms with Crippen LogP contribution in [0, 0.1) is 5.92 Å². The van der Waals surface area contributed by atoms with Gasteiger partial charge in [-0.2, -0.15) is 0 Å². The van der Waals surface area contributed by atoms with Crippen molar-refractivity contribution >= 4 is 55.5 Å². The van der Waals surface area contributed by atoms with Gasteiger partial charge in [0.05, 0.1) is 40.4 Å². The molecule has 39 heavy (non-hydrogen) atoms. The summed E-state index contributed by atoms with van der Waals surface area (Å²) in [4.78, 5) is 12.5. The fourth-order valence-corrected chi connectivity index (χ4v) is 6.75. The lowest BCUT2D eigenvalue weighted by atomic mass is 10.1. The topological polar surface area (TPSA) is 96.5 Å². The van der Waals surface area contributed by atoms with E-state index in [0.717, 1.165) is 46.4 Å². The highest BCUT2D eigenvalue weighted by Gasteiger charge is 2.22. The number of aromatic nitrogens is 2. The molecule has 2 aromatic rings. The first-order valence-electron chi connectivity index (χ1n) is 13.3. The standard InChI is InChI=1S/C28H40ClN5O3S2/c1-7-17-39(35,36)33-23-10-8-9-22(25(23)29)21(6)26(24-11-12-30-28(32-24)31-18-19(2)3)38-27(20(4)5)34-13-15-37-16-14-34/h8-12,19,33H,7,13-18H2,1-6H3,(H,30,31,32)/b26-21+. The lowest BCUT2D eigenvalue weighted by molar-refractivity contribution is 0.0573. The number of halogens is 1. The van der Waals surface area contributed by atoms with Gasteiger partial charge in [0.15, 0.2) is 0 Å². The second-order valence-electron chi connectivity index (χ2n) is 10.1. The first kappa shape index (κ1) is 31.3. The van der Waals surface area contributed by atoms with Gasteiger partial charge >= 0.3 is 0 Å². The van der Waals surface area contributed by atoms with Crippen LogP contribution in [0.15, 0.2) is 41.1 Å². The van der Waals surface area contributed by atoms with Crippen LogP contribution in [0.4, 0.5) is 11.6 Å². The summed E-state index contributed by atoms with van der Waals surface area (Å²) in [6.07, 6.45) is 2.27. The lowest BCUT2D eigenvalue weighted by Gasteiger charge is -2.32. The summed E-state index contributed by atoms with van der Waals surface area (Å²) in [5, 5.41) is 4.81.